The molecule has 0 amide bonds. The lowest BCUT2D eigenvalue weighted by Crippen LogP contribution is -2.51. The van der Waals surface area contributed by atoms with Crippen LogP contribution in [0.15, 0.2) is 34.1 Å². The number of rotatable bonds is 3. The van der Waals surface area contributed by atoms with E-state index >= 15 is 0 Å². The average Bonchev–Trinajstić information content (AvgIpc) is 3.06. The second kappa shape index (κ2) is 6.94. The van der Waals surface area contributed by atoms with Gasteiger partial charge >= 0.3 is 5.69 Å². The van der Waals surface area contributed by atoms with Crippen LogP contribution >= 0.6 is 0 Å². The van der Waals surface area contributed by atoms with E-state index in [9.17, 15) is 9.59 Å². The molecule has 1 aliphatic rings. The van der Waals surface area contributed by atoms with Gasteiger partial charge in [-0.3, -0.25) is 14.3 Å². The maximum atomic E-state index is 12.9. The number of hydrogen-bond donors (Lipinski definition) is 0. The lowest BCUT2D eigenvalue weighted by Gasteiger charge is -2.37. The monoisotopic (exact) mass is 382 g/mol. The fourth-order valence-electron chi connectivity index (χ4n) is 4.14. The fraction of sp³-hybridized carbons (Fsp3) is 0.450. The molecule has 1 aliphatic heterocycles. The smallest absolute Gasteiger partial charge is 0.333 e. The average molecular weight is 382 g/mol. The Morgan fingerprint density at radius 3 is 2.29 bits per heavy atom. The highest BCUT2D eigenvalue weighted by atomic mass is 16.2. The van der Waals surface area contributed by atoms with E-state index < -0.39 is 0 Å². The van der Waals surface area contributed by atoms with Crippen molar-refractivity contribution in [1.29, 1.82) is 0 Å². The number of hydrogen-bond acceptors (Lipinski definition) is 5. The van der Waals surface area contributed by atoms with Crippen LogP contribution in [-0.4, -0.2) is 49.8 Å². The number of benzene rings is 1. The second-order valence-corrected chi connectivity index (χ2v) is 7.59. The molecule has 2 aromatic heterocycles. The largest absolute Gasteiger partial charge is 0.369 e. The number of aryl methyl sites for hydroxylation is 4. The van der Waals surface area contributed by atoms with Crippen LogP contribution in [0.25, 0.3) is 11.2 Å². The van der Waals surface area contributed by atoms with E-state index in [-0.39, 0.29) is 11.2 Å². The van der Waals surface area contributed by atoms with Gasteiger partial charge in [-0.05, 0) is 25.0 Å². The molecule has 0 aliphatic carbocycles. The molecular weight excluding hydrogens is 356 g/mol. The second-order valence-electron chi connectivity index (χ2n) is 7.59. The number of aromatic nitrogens is 4. The summed E-state index contributed by atoms with van der Waals surface area (Å²) in [7, 11) is 3.43. The molecule has 0 N–H and O–H groups in total. The van der Waals surface area contributed by atoms with Gasteiger partial charge in [-0.1, -0.05) is 18.2 Å². The van der Waals surface area contributed by atoms with Crippen LogP contribution in [-0.2, 0) is 20.8 Å². The summed E-state index contributed by atoms with van der Waals surface area (Å²) in [6, 6.07) is 6.36. The Labute approximate surface area is 163 Å². The van der Waals surface area contributed by atoms with Crippen molar-refractivity contribution in [1.82, 2.24) is 23.6 Å². The van der Waals surface area contributed by atoms with Crippen molar-refractivity contribution in [2.45, 2.75) is 20.5 Å². The summed E-state index contributed by atoms with van der Waals surface area (Å²) < 4.78 is 4.44. The zero-order chi connectivity index (χ0) is 20.0. The standard InChI is InChI=1S/C20H26N6O2/c1-14-6-5-7-15(2)16(14)25-10-8-24(9-11-25)13-26-19(27)17-18(21-12-22(17)3)23(4)20(26)28/h5-7,12H,8-11,13H2,1-4H3. The Morgan fingerprint density at radius 2 is 1.64 bits per heavy atom. The van der Waals surface area contributed by atoms with E-state index in [0.29, 0.717) is 17.8 Å². The third-order valence-corrected chi connectivity index (χ3v) is 5.67. The molecule has 0 atom stereocenters. The van der Waals surface area contributed by atoms with Gasteiger partial charge in [-0.25, -0.2) is 14.3 Å². The third-order valence-electron chi connectivity index (χ3n) is 5.67. The molecule has 1 aromatic carbocycles. The maximum Gasteiger partial charge on any atom is 0.333 e. The molecule has 28 heavy (non-hydrogen) atoms. The fourth-order valence-corrected chi connectivity index (χ4v) is 4.14. The first-order valence-corrected chi connectivity index (χ1v) is 9.53. The normalized spacial score (nSPS) is 15.5. The molecule has 0 spiro atoms. The zero-order valence-corrected chi connectivity index (χ0v) is 16.8. The maximum absolute atomic E-state index is 12.9. The summed E-state index contributed by atoms with van der Waals surface area (Å²) in [6.45, 7) is 7.92. The molecule has 8 nitrogen and oxygen atoms in total. The van der Waals surface area contributed by atoms with Crippen molar-refractivity contribution in [2.24, 2.45) is 14.1 Å². The van der Waals surface area contributed by atoms with E-state index in [4.69, 9.17) is 0 Å². The van der Waals surface area contributed by atoms with Gasteiger partial charge in [0.05, 0.1) is 13.0 Å². The Kier molecular flexibility index (Phi) is 4.58. The highest BCUT2D eigenvalue weighted by Gasteiger charge is 2.22. The minimum atomic E-state index is -0.326. The molecular formula is C20H26N6O2. The third kappa shape index (κ3) is 2.93. The predicted octanol–water partition coefficient (Wildman–Crippen LogP) is 0.830. The van der Waals surface area contributed by atoms with Gasteiger partial charge in [0.1, 0.15) is 0 Å². The Bertz CT molecular complexity index is 1130. The van der Waals surface area contributed by atoms with Crippen molar-refractivity contribution >= 4 is 16.9 Å². The first-order valence-electron chi connectivity index (χ1n) is 9.53. The Hall–Kier alpha value is -2.87. The summed E-state index contributed by atoms with van der Waals surface area (Å²) >= 11 is 0. The van der Waals surface area contributed by atoms with Crippen LogP contribution in [0.5, 0.6) is 0 Å². The molecule has 1 fully saturated rings. The minimum absolute atomic E-state index is 0.282. The number of fused-ring (bicyclic) bond motifs is 1. The van der Waals surface area contributed by atoms with Gasteiger partial charge in [0.15, 0.2) is 11.2 Å². The van der Waals surface area contributed by atoms with Crippen LogP contribution in [0.3, 0.4) is 0 Å². The van der Waals surface area contributed by atoms with Crippen molar-refractivity contribution < 1.29 is 0 Å². The van der Waals surface area contributed by atoms with E-state index in [2.05, 4.69) is 46.8 Å². The Morgan fingerprint density at radius 1 is 1.00 bits per heavy atom. The van der Waals surface area contributed by atoms with Crippen LogP contribution in [0, 0.1) is 13.8 Å². The number of nitrogens with zero attached hydrogens (tertiary/aromatic N) is 6. The van der Waals surface area contributed by atoms with Gasteiger partial charge < -0.3 is 9.47 Å². The first kappa shape index (κ1) is 18.5. The lowest BCUT2D eigenvalue weighted by atomic mass is 10.1. The molecule has 8 heteroatoms. The van der Waals surface area contributed by atoms with Crippen molar-refractivity contribution in [2.75, 3.05) is 31.1 Å². The summed E-state index contributed by atoms with van der Waals surface area (Å²) in [5.41, 5.74) is 4.13. The molecule has 0 bridgehead atoms. The van der Waals surface area contributed by atoms with E-state index in [1.807, 2.05) is 0 Å². The minimum Gasteiger partial charge on any atom is -0.369 e. The van der Waals surface area contributed by atoms with Gasteiger partial charge in [0.25, 0.3) is 5.56 Å². The van der Waals surface area contributed by atoms with Crippen LogP contribution < -0.4 is 16.1 Å². The number of piperazine rings is 1. The highest BCUT2D eigenvalue weighted by molar-refractivity contribution is 5.69. The summed E-state index contributed by atoms with van der Waals surface area (Å²) in [6.07, 6.45) is 1.57. The van der Waals surface area contributed by atoms with Crippen molar-refractivity contribution in [3.8, 4) is 0 Å². The molecule has 3 aromatic rings. The molecule has 4 rings (SSSR count). The van der Waals surface area contributed by atoms with Gasteiger partial charge in [0, 0.05) is 46.0 Å². The SMILES string of the molecule is Cc1cccc(C)c1N1CCN(Cn2c(=O)c3c(ncn3C)n(C)c2=O)CC1. The van der Waals surface area contributed by atoms with Crippen LogP contribution in [0.4, 0.5) is 5.69 Å². The van der Waals surface area contributed by atoms with Crippen molar-refractivity contribution in [3.05, 3.63) is 56.5 Å². The molecule has 3 heterocycles. The Balaban J connectivity index is 1.57. The molecule has 148 valence electrons. The summed E-state index contributed by atoms with van der Waals surface area (Å²) in [5, 5.41) is 0. The van der Waals surface area contributed by atoms with Crippen LogP contribution in [0.1, 0.15) is 11.1 Å². The number of para-hydroxylation sites is 1. The van der Waals surface area contributed by atoms with Crippen LogP contribution in [0.2, 0.25) is 0 Å². The lowest BCUT2D eigenvalue weighted by molar-refractivity contribution is 0.198. The van der Waals surface area contributed by atoms with Crippen molar-refractivity contribution in [3.63, 3.8) is 0 Å². The molecule has 1 saturated heterocycles. The van der Waals surface area contributed by atoms with Gasteiger partial charge in [-0.15, -0.1) is 0 Å². The summed E-state index contributed by atoms with van der Waals surface area (Å²) in [5.74, 6) is 0. The number of anilines is 1. The molecule has 0 saturated carbocycles. The van der Waals surface area contributed by atoms with E-state index in [0.717, 1.165) is 26.2 Å². The first-order chi connectivity index (χ1) is 13.4. The predicted molar refractivity (Wildman–Crippen MR) is 110 cm³/mol. The topological polar surface area (TPSA) is 68.3 Å². The van der Waals surface area contributed by atoms with E-state index in [1.54, 1.807) is 25.0 Å². The van der Waals surface area contributed by atoms with Gasteiger partial charge in [-0.2, -0.15) is 0 Å². The molecule has 0 unspecified atom stereocenters. The van der Waals surface area contributed by atoms with E-state index in [1.165, 1.54) is 25.9 Å². The van der Waals surface area contributed by atoms with Gasteiger partial charge in [0.2, 0.25) is 0 Å². The highest BCUT2D eigenvalue weighted by Crippen LogP contribution is 2.25. The zero-order valence-electron chi connectivity index (χ0n) is 16.8. The number of imidazole rings is 1. The quantitative estimate of drug-likeness (QED) is 0.671. The summed E-state index contributed by atoms with van der Waals surface area (Å²) in [4.78, 5) is 34.3. The molecule has 0 radical (unpaired) electrons.